The van der Waals surface area contributed by atoms with Gasteiger partial charge in [0.1, 0.15) is 5.75 Å². The zero-order chi connectivity index (χ0) is 11.7. The zero-order valence-corrected chi connectivity index (χ0v) is 9.95. The highest BCUT2D eigenvalue weighted by molar-refractivity contribution is 5.26. The van der Waals surface area contributed by atoms with E-state index in [-0.39, 0.29) is 0 Å². The van der Waals surface area contributed by atoms with Gasteiger partial charge in [-0.05, 0) is 25.0 Å². The molecule has 0 aromatic heterocycles. The zero-order valence-electron chi connectivity index (χ0n) is 9.95. The SMILES string of the molecule is CC#N.Cc1ccc(OCC(C)C)cc1. The second-order valence-corrected chi connectivity index (χ2v) is 3.74. The van der Waals surface area contributed by atoms with Gasteiger partial charge in [-0.3, -0.25) is 0 Å². The highest BCUT2D eigenvalue weighted by Crippen LogP contribution is 2.12. The van der Waals surface area contributed by atoms with Crippen molar-refractivity contribution in [2.75, 3.05) is 6.61 Å². The molecule has 1 aromatic rings. The van der Waals surface area contributed by atoms with E-state index in [0.717, 1.165) is 12.4 Å². The first-order valence-electron chi connectivity index (χ1n) is 5.10. The van der Waals surface area contributed by atoms with Gasteiger partial charge in [0.2, 0.25) is 0 Å². The van der Waals surface area contributed by atoms with Crippen molar-refractivity contribution in [3.63, 3.8) is 0 Å². The van der Waals surface area contributed by atoms with Gasteiger partial charge < -0.3 is 4.74 Å². The minimum atomic E-state index is 0.589. The van der Waals surface area contributed by atoms with Crippen LogP contribution in [0.25, 0.3) is 0 Å². The maximum atomic E-state index is 7.32. The molecule has 82 valence electrons. The molecule has 0 radical (unpaired) electrons. The highest BCUT2D eigenvalue weighted by Gasteiger charge is 1.95. The lowest BCUT2D eigenvalue weighted by molar-refractivity contribution is 0.271. The third-order valence-electron chi connectivity index (χ3n) is 1.60. The minimum absolute atomic E-state index is 0.589. The Morgan fingerprint density at radius 1 is 1.27 bits per heavy atom. The number of nitriles is 1. The molecule has 1 aromatic carbocycles. The van der Waals surface area contributed by atoms with Crippen molar-refractivity contribution in [1.29, 1.82) is 5.26 Å². The average Bonchev–Trinajstić information content (AvgIpc) is 2.18. The van der Waals surface area contributed by atoms with Gasteiger partial charge in [-0.15, -0.1) is 0 Å². The molecule has 0 saturated heterocycles. The molecule has 2 nitrogen and oxygen atoms in total. The highest BCUT2D eigenvalue weighted by atomic mass is 16.5. The lowest BCUT2D eigenvalue weighted by Crippen LogP contribution is -2.04. The smallest absolute Gasteiger partial charge is 0.119 e. The molecule has 15 heavy (non-hydrogen) atoms. The summed E-state index contributed by atoms with van der Waals surface area (Å²) in [6, 6.07) is 9.90. The molecule has 0 atom stereocenters. The van der Waals surface area contributed by atoms with Crippen molar-refractivity contribution in [2.24, 2.45) is 5.92 Å². The number of aryl methyl sites for hydroxylation is 1. The Balaban J connectivity index is 0.000000583. The molecule has 0 heterocycles. The summed E-state index contributed by atoms with van der Waals surface area (Å²) >= 11 is 0. The lowest BCUT2D eigenvalue weighted by atomic mass is 10.2. The van der Waals surface area contributed by atoms with Crippen molar-refractivity contribution in [2.45, 2.75) is 27.7 Å². The Morgan fingerprint density at radius 2 is 1.73 bits per heavy atom. The van der Waals surface area contributed by atoms with Gasteiger partial charge in [0.25, 0.3) is 0 Å². The number of benzene rings is 1. The molecule has 0 aliphatic carbocycles. The molecule has 0 spiro atoms. The van der Waals surface area contributed by atoms with Crippen LogP contribution in [0.3, 0.4) is 0 Å². The van der Waals surface area contributed by atoms with Crippen LogP contribution in [0.2, 0.25) is 0 Å². The van der Waals surface area contributed by atoms with E-state index in [1.807, 2.05) is 12.1 Å². The molecule has 0 saturated carbocycles. The van der Waals surface area contributed by atoms with Gasteiger partial charge >= 0.3 is 0 Å². The van der Waals surface area contributed by atoms with E-state index in [1.165, 1.54) is 12.5 Å². The number of hydrogen-bond donors (Lipinski definition) is 0. The first kappa shape index (κ1) is 13.5. The molecule has 0 amide bonds. The molecule has 2 heteroatoms. The van der Waals surface area contributed by atoms with Gasteiger partial charge in [-0.2, -0.15) is 5.26 Å². The quantitative estimate of drug-likeness (QED) is 0.755. The first-order chi connectivity index (χ1) is 7.10. The molecular formula is C13H19NO. The molecular weight excluding hydrogens is 186 g/mol. The summed E-state index contributed by atoms with van der Waals surface area (Å²) in [6.45, 7) is 8.59. The maximum Gasteiger partial charge on any atom is 0.119 e. The van der Waals surface area contributed by atoms with Crippen molar-refractivity contribution < 1.29 is 4.74 Å². The molecule has 0 N–H and O–H groups in total. The largest absolute Gasteiger partial charge is 0.493 e. The Hall–Kier alpha value is -1.49. The molecule has 0 bridgehead atoms. The molecule has 0 aliphatic heterocycles. The summed E-state index contributed by atoms with van der Waals surface area (Å²) in [5.74, 6) is 1.56. The second kappa shape index (κ2) is 7.87. The van der Waals surface area contributed by atoms with Crippen LogP contribution in [0.4, 0.5) is 0 Å². The van der Waals surface area contributed by atoms with Gasteiger partial charge in [0.15, 0.2) is 0 Å². The third-order valence-corrected chi connectivity index (χ3v) is 1.60. The van der Waals surface area contributed by atoms with Crippen LogP contribution in [-0.4, -0.2) is 6.61 Å². The van der Waals surface area contributed by atoms with E-state index in [1.54, 1.807) is 6.07 Å². The van der Waals surface area contributed by atoms with Crippen LogP contribution in [-0.2, 0) is 0 Å². The predicted octanol–water partition coefficient (Wildman–Crippen LogP) is 3.56. The summed E-state index contributed by atoms with van der Waals surface area (Å²) < 4.78 is 5.52. The van der Waals surface area contributed by atoms with Crippen molar-refractivity contribution in [1.82, 2.24) is 0 Å². The van der Waals surface area contributed by atoms with E-state index in [2.05, 4.69) is 32.9 Å². The van der Waals surface area contributed by atoms with Gasteiger partial charge in [-0.25, -0.2) is 0 Å². The standard InChI is InChI=1S/C11H16O.C2H3N/c1-9(2)8-12-11-6-4-10(3)5-7-11;1-2-3/h4-7,9H,8H2,1-3H3;1H3. The van der Waals surface area contributed by atoms with E-state index in [9.17, 15) is 0 Å². The fraction of sp³-hybridized carbons (Fsp3) is 0.462. The normalized spacial score (nSPS) is 8.80. The fourth-order valence-electron chi connectivity index (χ4n) is 0.897. The fourth-order valence-corrected chi connectivity index (χ4v) is 0.897. The minimum Gasteiger partial charge on any atom is -0.493 e. The third kappa shape index (κ3) is 7.57. The Labute approximate surface area is 92.5 Å². The number of ether oxygens (including phenoxy) is 1. The van der Waals surface area contributed by atoms with Gasteiger partial charge in [-0.1, -0.05) is 31.5 Å². The lowest BCUT2D eigenvalue weighted by Gasteiger charge is -2.08. The first-order valence-corrected chi connectivity index (χ1v) is 5.10. The number of nitrogens with zero attached hydrogens (tertiary/aromatic N) is 1. The molecule has 0 unspecified atom stereocenters. The monoisotopic (exact) mass is 205 g/mol. The van der Waals surface area contributed by atoms with Crippen LogP contribution >= 0.6 is 0 Å². The molecule has 0 aliphatic rings. The van der Waals surface area contributed by atoms with Crippen molar-refractivity contribution >= 4 is 0 Å². The van der Waals surface area contributed by atoms with Crippen molar-refractivity contribution in [3.8, 4) is 11.8 Å². The van der Waals surface area contributed by atoms with Gasteiger partial charge in [0.05, 0.1) is 12.7 Å². The van der Waals surface area contributed by atoms with Crippen LogP contribution in [0.1, 0.15) is 26.3 Å². The summed E-state index contributed by atoms with van der Waals surface area (Å²) in [5, 5.41) is 7.32. The number of rotatable bonds is 3. The topological polar surface area (TPSA) is 33.0 Å². The predicted molar refractivity (Wildman–Crippen MR) is 62.8 cm³/mol. The van der Waals surface area contributed by atoms with Crippen molar-refractivity contribution in [3.05, 3.63) is 29.8 Å². The van der Waals surface area contributed by atoms with E-state index in [4.69, 9.17) is 10.00 Å². The average molecular weight is 205 g/mol. The van der Waals surface area contributed by atoms with Crippen LogP contribution < -0.4 is 4.74 Å². The van der Waals surface area contributed by atoms with E-state index in [0.29, 0.717) is 5.92 Å². The summed E-state index contributed by atoms with van der Waals surface area (Å²) in [6.07, 6.45) is 0. The summed E-state index contributed by atoms with van der Waals surface area (Å²) in [5.41, 5.74) is 1.27. The Kier molecular flexibility index (Phi) is 7.09. The Bertz CT molecular complexity index is 295. The van der Waals surface area contributed by atoms with Gasteiger partial charge in [0, 0.05) is 6.92 Å². The summed E-state index contributed by atoms with van der Waals surface area (Å²) in [4.78, 5) is 0. The molecule has 0 fully saturated rings. The van der Waals surface area contributed by atoms with E-state index >= 15 is 0 Å². The summed E-state index contributed by atoms with van der Waals surface area (Å²) in [7, 11) is 0. The Morgan fingerprint density at radius 3 is 2.13 bits per heavy atom. The number of hydrogen-bond acceptors (Lipinski definition) is 2. The van der Waals surface area contributed by atoms with Crippen LogP contribution in [0.15, 0.2) is 24.3 Å². The molecule has 1 rings (SSSR count). The van der Waals surface area contributed by atoms with Crippen LogP contribution in [0.5, 0.6) is 5.75 Å². The maximum absolute atomic E-state index is 7.32. The second-order valence-electron chi connectivity index (χ2n) is 3.74. The van der Waals surface area contributed by atoms with E-state index < -0.39 is 0 Å². The van der Waals surface area contributed by atoms with Crippen LogP contribution in [0, 0.1) is 24.2 Å².